The second-order valence-corrected chi connectivity index (χ2v) is 5.08. The molecule has 1 aliphatic rings. The maximum atomic E-state index is 13.9. The molecule has 1 heterocycles. The fourth-order valence-corrected chi connectivity index (χ4v) is 2.50. The summed E-state index contributed by atoms with van der Waals surface area (Å²) in [5.41, 5.74) is -1.03. The standard InChI is InChI=1S/C16H10F5O/c1-8-4-9-5-10(16(19,20)21)6-13(15(9)22-8)12-7-11(17)2-3-14(12)18/h2-3,5-8H,1,4H2. The average Bonchev–Trinajstić information content (AvgIpc) is 2.79. The number of rotatable bonds is 1. The van der Waals surface area contributed by atoms with Gasteiger partial charge < -0.3 is 4.74 Å². The predicted molar refractivity (Wildman–Crippen MR) is 70.3 cm³/mol. The highest BCUT2D eigenvalue weighted by Crippen LogP contribution is 2.44. The van der Waals surface area contributed by atoms with Gasteiger partial charge in [0.15, 0.2) is 0 Å². The van der Waals surface area contributed by atoms with Crippen molar-refractivity contribution in [1.29, 1.82) is 0 Å². The van der Waals surface area contributed by atoms with Crippen molar-refractivity contribution in [2.75, 3.05) is 0 Å². The van der Waals surface area contributed by atoms with Gasteiger partial charge in [-0.05, 0) is 42.8 Å². The van der Waals surface area contributed by atoms with Crippen LogP contribution < -0.4 is 4.74 Å². The van der Waals surface area contributed by atoms with Crippen molar-refractivity contribution >= 4 is 0 Å². The van der Waals surface area contributed by atoms with Gasteiger partial charge in [-0.3, -0.25) is 0 Å². The monoisotopic (exact) mass is 313 g/mol. The Kier molecular flexibility index (Phi) is 3.34. The van der Waals surface area contributed by atoms with Crippen molar-refractivity contribution in [2.24, 2.45) is 0 Å². The third kappa shape index (κ3) is 2.53. The molecule has 0 aromatic heterocycles. The summed E-state index contributed by atoms with van der Waals surface area (Å²) in [6, 6.07) is 4.35. The molecule has 0 amide bonds. The number of benzene rings is 2. The van der Waals surface area contributed by atoms with Crippen LogP contribution in [0.4, 0.5) is 22.0 Å². The number of alkyl halides is 3. The van der Waals surface area contributed by atoms with E-state index < -0.39 is 29.5 Å². The molecular weight excluding hydrogens is 303 g/mol. The Labute approximate surface area is 123 Å². The van der Waals surface area contributed by atoms with E-state index in [0.717, 1.165) is 30.3 Å². The van der Waals surface area contributed by atoms with Crippen molar-refractivity contribution < 1.29 is 26.7 Å². The highest BCUT2D eigenvalue weighted by atomic mass is 19.4. The van der Waals surface area contributed by atoms with Gasteiger partial charge >= 0.3 is 6.18 Å². The van der Waals surface area contributed by atoms with Crippen LogP contribution in [0.15, 0.2) is 30.3 Å². The van der Waals surface area contributed by atoms with E-state index in [4.69, 9.17) is 4.74 Å². The van der Waals surface area contributed by atoms with E-state index in [1.165, 1.54) is 0 Å². The zero-order valence-corrected chi connectivity index (χ0v) is 11.2. The van der Waals surface area contributed by atoms with Crippen LogP contribution in [0.2, 0.25) is 0 Å². The minimum Gasteiger partial charge on any atom is -0.489 e. The van der Waals surface area contributed by atoms with Gasteiger partial charge in [0.05, 0.1) is 5.56 Å². The van der Waals surface area contributed by atoms with Crippen LogP contribution in [0.25, 0.3) is 11.1 Å². The van der Waals surface area contributed by atoms with Crippen LogP contribution >= 0.6 is 0 Å². The maximum absolute atomic E-state index is 13.9. The smallest absolute Gasteiger partial charge is 0.416 e. The lowest BCUT2D eigenvalue weighted by Gasteiger charge is -2.14. The highest BCUT2D eigenvalue weighted by Gasteiger charge is 2.35. The SMILES string of the molecule is [CH2]C1Cc2cc(C(F)(F)F)cc(-c3cc(F)ccc3F)c2O1. The molecule has 2 aromatic carbocycles. The van der Waals surface area contributed by atoms with Crippen molar-refractivity contribution in [3.8, 4) is 16.9 Å². The minimum absolute atomic E-state index is 0.118. The van der Waals surface area contributed by atoms with Crippen LogP contribution in [0.1, 0.15) is 11.1 Å². The first-order chi connectivity index (χ1) is 10.3. The second-order valence-electron chi connectivity index (χ2n) is 5.08. The van der Waals surface area contributed by atoms with Crippen LogP contribution in [-0.4, -0.2) is 6.10 Å². The summed E-state index contributed by atoms with van der Waals surface area (Å²) in [5, 5.41) is 0. The summed E-state index contributed by atoms with van der Waals surface area (Å²) in [5.74, 6) is -1.44. The fourth-order valence-electron chi connectivity index (χ4n) is 2.50. The Balaban J connectivity index is 2.26. The zero-order valence-electron chi connectivity index (χ0n) is 11.2. The molecule has 2 aromatic rings. The summed E-state index contributed by atoms with van der Waals surface area (Å²) in [6.07, 6.45) is -4.97. The van der Waals surface area contributed by atoms with Gasteiger partial charge in [-0.15, -0.1) is 0 Å². The minimum atomic E-state index is -4.59. The Morgan fingerprint density at radius 1 is 1.05 bits per heavy atom. The summed E-state index contributed by atoms with van der Waals surface area (Å²) in [7, 11) is 0. The molecule has 6 heteroatoms. The summed E-state index contributed by atoms with van der Waals surface area (Å²) >= 11 is 0. The lowest BCUT2D eigenvalue weighted by atomic mass is 9.96. The molecule has 0 saturated carbocycles. The van der Waals surface area contributed by atoms with E-state index >= 15 is 0 Å². The van der Waals surface area contributed by atoms with E-state index in [-0.39, 0.29) is 28.9 Å². The van der Waals surface area contributed by atoms with Crippen molar-refractivity contribution in [2.45, 2.75) is 18.7 Å². The summed E-state index contributed by atoms with van der Waals surface area (Å²) < 4.78 is 71.7. The van der Waals surface area contributed by atoms with E-state index in [1.807, 2.05) is 0 Å². The van der Waals surface area contributed by atoms with E-state index in [9.17, 15) is 22.0 Å². The molecule has 22 heavy (non-hydrogen) atoms. The molecule has 0 N–H and O–H groups in total. The molecule has 3 rings (SSSR count). The lowest BCUT2D eigenvalue weighted by Crippen LogP contribution is -2.06. The quantitative estimate of drug-likeness (QED) is 0.688. The molecule has 1 aliphatic heterocycles. The Morgan fingerprint density at radius 2 is 1.77 bits per heavy atom. The van der Waals surface area contributed by atoms with Gasteiger partial charge in [-0.1, -0.05) is 0 Å². The Bertz CT molecular complexity index is 736. The molecule has 1 nitrogen and oxygen atoms in total. The number of hydrogen-bond donors (Lipinski definition) is 0. The number of hydrogen-bond acceptors (Lipinski definition) is 1. The van der Waals surface area contributed by atoms with Crippen LogP contribution in [-0.2, 0) is 12.6 Å². The fraction of sp³-hybridized carbons (Fsp3) is 0.188. The largest absolute Gasteiger partial charge is 0.489 e. The third-order valence-corrected chi connectivity index (χ3v) is 3.44. The lowest BCUT2D eigenvalue weighted by molar-refractivity contribution is -0.137. The number of fused-ring (bicyclic) bond motifs is 1. The predicted octanol–water partition coefficient (Wildman–Crippen LogP) is 4.79. The molecule has 1 unspecified atom stereocenters. The first-order valence-corrected chi connectivity index (χ1v) is 6.45. The molecule has 0 fully saturated rings. The Hall–Kier alpha value is -2.11. The van der Waals surface area contributed by atoms with E-state index in [0.29, 0.717) is 0 Å². The van der Waals surface area contributed by atoms with Crippen molar-refractivity contribution in [3.63, 3.8) is 0 Å². The maximum Gasteiger partial charge on any atom is 0.416 e. The molecule has 1 atom stereocenters. The van der Waals surface area contributed by atoms with Gasteiger partial charge in [-0.2, -0.15) is 13.2 Å². The topological polar surface area (TPSA) is 9.23 Å². The highest BCUT2D eigenvalue weighted by molar-refractivity contribution is 5.74. The zero-order chi connectivity index (χ0) is 16.1. The average molecular weight is 313 g/mol. The molecule has 0 spiro atoms. The van der Waals surface area contributed by atoms with E-state index in [2.05, 4.69) is 6.92 Å². The summed E-state index contributed by atoms with van der Waals surface area (Å²) in [4.78, 5) is 0. The van der Waals surface area contributed by atoms with Gasteiger partial charge in [-0.25, -0.2) is 8.78 Å². The normalized spacial score (nSPS) is 17.3. The Morgan fingerprint density at radius 3 is 2.45 bits per heavy atom. The van der Waals surface area contributed by atoms with Crippen LogP contribution in [0.3, 0.4) is 0 Å². The molecule has 0 saturated heterocycles. The molecular formula is C16H10F5O. The second kappa shape index (κ2) is 4.97. The molecule has 1 radical (unpaired) electrons. The van der Waals surface area contributed by atoms with Crippen molar-refractivity contribution in [1.82, 2.24) is 0 Å². The third-order valence-electron chi connectivity index (χ3n) is 3.44. The first kappa shape index (κ1) is 14.8. The van der Waals surface area contributed by atoms with Gasteiger partial charge in [0.2, 0.25) is 0 Å². The van der Waals surface area contributed by atoms with Crippen LogP contribution in [0.5, 0.6) is 5.75 Å². The first-order valence-electron chi connectivity index (χ1n) is 6.45. The summed E-state index contributed by atoms with van der Waals surface area (Å²) in [6.45, 7) is 3.65. The van der Waals surface area contributed by atoms with Crippen LogP contribution in [0, 0.1) is 18.6 Å². The molecule has 0 aliphatic carbocycles. The molecule has 115 valence electrons. The number of halogens is 5. The van der Waals surface area contributed by atoms with E-state index in [1.54, 1.807) is 0 Å². The number of ether oxygens (including phenoxy) is 1. The van der Waals surface area contributed by atoms with Crippen molar-refractivity contribution in [3.05, 3.63) is 60.0 Å². The van der Waals surface area contributed by atoms with Gasteiger partial charge in [0.1, 0.15) is 23.5 Å². The van der Waals surface area contributed by atoms with Gasteiger partial charge in [0, 0.05) is 17.5 Å². The van der Waals surface area contributed by atoms with Gasteiger partial charge in [0.25, 0.3) is 0 Å². The molecule has 0 bridgehead atoms.